The number of nitrogens with one attached hydrogen (secondary N) is 1. The van der Waals surface area contributed by atoms with Crippen molar-refractivity contribution in [1.29, 1.82) is 0 Å². The number of nitro benzene ring substituents is 1. The first kappa shape index (κ1) is 21.9. The number of esters is 1. The molecule has 31 heavy (non-hydrogen) atoms. The van der Waals surface area contributed by atoms with Crippen molar-refractivity contribution in [2.75, 3.05) is 5.32 Å². The number of anilines is 1. The Morgan fingerprint density at radius 3 is 2.61 bits per heavy atom. The number of amides is 1. The average Bonchev–Trinajstić information content (AvgIpc) is 2.75. The van der Waals surface area contributed by atoms with E-state index in [2.05, 4.69) is 10.3 Å². The predicted molar refractivity (Wildman–Crippen MR) is 111 cm³/mol. The molecule has 1 amide bonds. The van der Waals surface area contributed by atoms with Gasteiger partial charge in [0.05, 0.1) is 10.5 Å². The van der Waals surface area contributed by atoms with Crippen LogP contribution < -0.4 is 5.32 Å². The van der Waals surface area contributed by atoms with Crippen LogP contribution in [0.2, 0.25) is 0 Å². The number of rotatable bonds is 7. The molecule has 0 radical (unpaired) electrons. The number of carbonyl (C=O) groups is 2. The van der Waals surface area contributed by atoms with Crippen molar-refractivity contribution >= 4 is 35.0 Å². The molecule has 0 spiro atoms. The first-order chi connectivity index (χ1) is 14.8. The van der Waals surface area contributed by atoms with Gasteiger partial charge in [0.1, 0.15) is 5.03 Å². The monoisotopic (exact) mass is 441 g/mol. The van der Waals surface area contributed by atoms with Crippen LogP contribution >= 0.6 is 11.8 Å². The Labute approximate surface area is 180 Å². The summed E-state index contributed by atoms with van der Waals surface area (Å²) in [5, 5.41) is 13.6. The quantitative estimate of drug-likeness (QED) is 0.327. The second kappa shape index (κ2) is 9.81. The molecular weight excluding hydrogens is 425 g/mol. The number of ether oxygens (including phenoxy) is 1. The lowest BCUT2D eigenvalue weighted by Crippen LogP contribution is -2.30. The van der Waals surface area contributed by atoms with E-state index in [1.165, 1.54) is 30.8 Å². The number of hydrogen-bond donors (Lipinski definition) is 1. The first-order valence-corrected chi connectivity index (χ1v) is 9.80. The van der Waals surface area contributed by atoms with Crippen molar-refractivity contribution in [3.63, 3.8) is 0 Å². The molecule has 10 heteroatoms. The Kier molecular flexibility index (Phi) is 6.93. The summed E-state index contributed by atoms with van der Waals surface area (Å²) in [6, 6.07) is 15.4. The van der Waals surface area contributed by atoms with Gasteiger partial charge in [0.25, 0.3) is 5.91 Å². The summed E-state index contributed by atoms with van der Waals surface area (Å²) < 4.78 is 18.7. The Morgan fingerprint density at radius 1 is 1.16 bits per heavy atom. The molecule has 1 aromatic heterocycles. The van der Waals surface area contributed by atoms with Crippen LogP contribution in [0.25, 0.3) is 0 Å². The lowest BCUT2D eigenvalue weighted by Gasteiger charge is -2.14. The highest BCUT2D eigenvalue weighted by Crippen LogP contribution is 2.29. The van der Waals surface area contributed by atoms with Crippen LogP contribution in [-0.2, 0) is 9.53 Å². The maximum atomic E-state index is 13.4. The Balaban J connectivity index is 1.69. The van der Waals surface area contributed by atoms with Gasteiger partial charge in [-0.3, -0.25) is 14.9 Å². The lowest BCUT2D eigenvalue weighted by atomic mass is 10.2. The molecule has 158 valence electrons. The largest absolute Gasteiger partial charge is 0.449 e. The lowest BCUT2D eigenvalue weighted by molar-refractivity contribution is -0.387. The van der Waals surface area contributed by atoms with E-state index < -0.39 is 34.4 Å². The molecule has 0 fully saturated rings. The number of pyridine rings is 1. The van der Waals surface area contributed by atoms with Crippen LogP contribution in [0.5, 0.6) is 0 Å². The number of benzene rings is 2. The van der Waals surface area contributed by atoms with E-state index in [0.717, 1.165) is 17.0 Å². The van der Waals surface area contributed by atoms with Crippen molar-refractivity contribution < 1.29 is 23.6 Å². The smallest absolute Gasteiger partial charge is 0.341 e. The minimum atomic E-state index is -1.22. The maximum absolute atomic E-state index is 13.4. The fraction of sp³-hybridized carbons (Fsp3) is 0.0952. The van der Waals surface area contributed by atoms with Crippen LogP contribution in [0.15, 0.2) is 76.8 Å². The Morgan fingerprint density at radius 2 is 1.90 bits per heavy atom. The molecule has 0 aliphatic carbocycles. The van der Waals surface area contributed by atoms with Gasteiger partial charge in [-0.15, -0.1) is 0 Å². The summed E-state index contributed by atoms with van der Waals surface area (Å²) in [4.78, 5) is 40.0. The van der Waals surface area contributed by atoms with Crippen molar-refractivity contribution in [2.24, 2.45) is 0 Å². The van der Waals surface area contributed by atoms with E-state index in [1.54, 1.807) is 12.3 Å². The van der Waals surface area contributed by atoms with Gasteiger partial charge in [-0.2, -0.15) is 4.39 Å². The molecule has 0 aliphatic heterocycles. The van der Waals surface area contributed by atoms with Crippen molar-refractivity contribution in [1.82, 2.24) is 4.98 Å². The zero-order valence-electron chi connectivity index (χ0n) is 16.2. The van der Waals surface area contributed by atoms with E-state index in [1.807, 2.05) is 30.3 Å². The maximum Gasteiger partial charge on any atom is 0.341 e. The zero-order chi connectivity index (χ0) is 22.4. The van der Waals surface area contributed by atoms with Gasteiger partial charge in [0, 0.05) is 22.8 Å². The van der Waals surface area contributed by atoms with E-state index in [0.29, 0.717) is 5.03 Å². The van der Waals surface area contributed by atoms with E-state index in [4.69, 9.17) is 4.74 Å². The first-order valence-electron chi connectivity index (χ1n) is 8.99. The SMILES string of the molecule is CC(OC(=O)c1cccnc1Sc1ccccc1)C(=O)Nc1ccc(F)c([N+](=O)[O-])c1. The van der Waals surface area contributed by atoms with E-state index in [9.17, 15) is 24.1 Å². The van der Waals surface area contributed by atoms with Crippen LogP contribution in [0.4, 0.5) is 15.8 Å². The molecular formula is C21H16FN3O5S. The molecule has 1 heterocycles. The molecule has 0 bridgehead atoms. The summed E-state index contributed by atoms with van der Waals surface area (Å²) >= 11 is 1.27. The number of nitro groups is 1. The summed E-state index contributed by atoms with van der Waals surface area (Å²) in [5.41, 5.74) is -0.587. The van der Waals surface area contributed by atoms with Crippen LogP contribution in [0.3, 0.4) is 0 Å². The molecule has 1 atom stereocenters. The van der Waals surface area contributed by atoms with Crippen molar-refractivity contribution in [3.05, 3.63) is 88.4 Å². The highest BCUT2D eigenvalue weighted by atomic mass is 32.2. The van der Waals surface area contributed by atoms with Gasteiger partial charge in [0.2, 0.25) is 5.82 Å². The minimum Gasteiger partial charge on any atom is -0.449 e. The molecule has 1 N–H and O–H groups in total. The van der Waals surface area contributed by atoms with Crippen molar-refractivity contribution in [2.45, 2.75) is 22.9 Å². The number of nitrogens with zero attached hydrogens (tertiary/aromatic N) is 2. The summed E-state index contributed by atoms with van der Waals surface area (Å²) in [6.45, 7) is 1.35. The molecule has 0 saturated carbocycles. The summed E-state index contributed by atoms with van der Waals surface area (Å²) in [7, 11) is 0. The van der Waals surface area contributed by atoms with Crippen LogP contribution in [0, 0.1) is 15.9 Å². The van der Waals surface area contributed by atoms with Gasteiger partial charge in [-0.25, -0.2) is 9.78 Å². The molecule has 1 unspecified atom stereocenters. The number of hydrogen-bond acceptors (Lipinski definition) is 7. The third-order valence-electron chi connectivity index (χ3n) is 4.01. The zero-order valence-corrected chi connectivity index (χ0v) is 17.0. The Bertz CT molecular complexity index is 1130. The number of carbonyl (C=O) groups excluding carboxylic acids is 2. The molecule has 0 aliphatic rings. The standard InChI is InChI=1S/C21H16FN3O5S/c1-13(19(26)24-14-9-10-17(22)18(12-14)25(28)29)30-21(27)16-8-5-11-23-20(16)31-15-6-3-2-4-7-15/h2-13H,1H3,(H,24,26). The molecule has 3 rings (SSSR count). The van der Waals surface area contributed by atoms with Crippen LogP contribution in [-0.4, -0.2) is 27.9 Å². The predicted octanol–water partition coefficient (Wildman–Crippen LogP) is 4.46. The van der Waals surface area contributed by atoms with Gasteiger partial charge >= 0.3 is 11.7 Å². The minimum absolute atomic E-state index is 0.00250. The molecule has 0 saturated heterocycles. The average molecular weight is 441 g/mol. The highest BCUT2D eigenvalue weighted by Gasteiger charge is 2.23. The van der Waals surface area contributed by atoms with Gasteiger partial charge in [-0.05, 0) is 43.3 Å². The third-order valence-corrected chi connectivity index (χ3v) is 5.04. The summed E-state index contributed by atoms with van der Waals surface area (Å²) in [6.07, 6.45) is 0.325. The van der Waals surface area contributed by atoms with Crippen LogP contribution in [0.1, 0.15) is 17.3 Å². The summed E-state index contributed by atoms with van der Waals surface area (Å²) in [5.74, 6) is -2.50. The molecule has 2 aromatic carbocycles. The topological polar surface area (TPSA) is 111 Å². The number of halogens is 1. The van der Waals surface area contributed by atoms with Gasteiger partial charge in [0.15, 0.2) is 6.10 Å². The normalized spacial score (nSPS) is 11.4. The fourth-order valence-electron chi connectivity index (χ4n) is 2.48. The number of aromatic nitrogens is 1. The Hall–Kier alpha value is -3.79. The van der Waals surface area contributed by atoms with Gasteiger partial charge in [-0.1, -0.05) is 30.0 Å². The van der Waals surface area contributed by atoms with E-state index >= 15 is 0 Å². The second-order valence-corrected chi connectivity index (χ2v) is 7.29. The van der Waals surface area contributed by atoms with E-state index in [-0.39, 0.29) is 11.3 Å². The molecule has 3 aromatic rings. The highest BCUT2D eigenvalue weighted by molar-refractivity contribution is 7.99. The fourth-order valence-corrected chi connectivity index (χ4v) is 3.37. The molecule has 8 nitrogen and oxygen atoms in total. The second-order valence-electron chi connectivity index (χ2n) is 6.23. The van der Waals surface area contributed by atoms with Crippen molar-refractivity contribution in [3.8, 4) is 0 Å². The third kappa shape index (κ3) is 5.64. The van der Waals surface area contributed by atoms with Gasteiger partial charge < -0.3 is 10.1 Å².